The summed E-state index contributed by atoms with van der Waals surface area (Å²) < 4.78 is 43.6. The van der Waals surface area contributed by atoms with Crippen LogP contribution >= 0.6 is 0 Å². The molecule has 0 saturated heterocycles. The van der Waals surface area contributed by atoms with Crippen LogP contribution in [0.15, 0.2) is 41.3 Å². The zero-order valence-corrected chi connectivity index (χ0v) is 23.5. The summed E-state index contributed by atoms with van der Waals surface area (Å²) in [5, 5.41) is 9.76. The number of hydrogen-bond donors (Lipinski definition) is 1. The number of nitrogens with two attached hydrogens (primary N) is 1. The number of nitrogens with zero attached hydrogens (tertiary/aromatic N) is 3. The lowest BCUT2D eigenvalue weighted by Crippen LogP contribution is -2.15. The van der Waals surface area contributed by atoms with E-state index in [2.05, 4.69) is 10.1 Å². The minimum absolute atomic E-state index is 0.116. The number of rotatable bonds is 13. The SMILES string of the molecule is CC.CCCOCCOCC(=O)OCc1nc(Cc2cc(C)ccc2C)n(-c2ccc(S(N)=O)cc2F)n1. The molecule has 0 aliphatic rings. The van der Waals surface area contributed by atoms with Gasteiger partial charge in [0.1, 0.15) is 34.9 Å². The quantitative estimate of drug-likeness (QED) is 0.252. The Bertz CT molecular complexity index is 1220. The number of hydrogen-bond acceptors (Lipinski definition) is 7. The third kappa shape index (κ3) is 9.39. The van der Waals surface area contributed by atoms with E-state index in [1.807, 2.05) is 52.8 Å². The Labute approximate surface area is 226 Å². The van der Waals surface area contributed by atoms with Gasteiger partial charge in [-0.15, -0.1) is 5.10 Å². The summed E-state index contributed by atoms with van der Waals surface area (Å²) in [6.07, 6.45) is 1.28. The molecular formula is C27H37FN4O5S. The van der Waals surface area contributed by atoms with Gasteiger partial charge in [0.15, 0.2) is 12.4 Å². The first-order valence-electron chi connectivity index (χ1n) is 12.6. The number of benzene rings is 2. The van der Waals surface area contributed by atoms with Crippen LogP contribution in [0.5, 0.6) is 0 Å². The molecule has 3 aromatic rings. The molecular weight excluding hydrogens is 511 g/mol. The molecule has 3 rings (SSSR count). The lowest BCUT2D eigenvalue weighted by atomic mass is 10.0. The van der Waals surface area contributed by atoms with Gasteiger partial charge in [-0.1, -0.05) is 44.5 Å². The smallest absolute Gasteiger partial charge is 0.332 e. The predicted molar refractivity (Wildman–Crippen MR) is 144 cm³/mol. The third-order valence-electron chi connectivity index (χ3n) is 5.25. The number of carbonyl (C=O) groups excluding carboxylic acids is 1. The van der Waals surface area contributed by atoms with E-state index >= 15 is 0 Å². The van der Waals surface area contributed by atoms with Crippen LogP contribution in [-0.4, -0.2) is 51.4 Å². The van der Waals surface area contributed by atoms with Crippen LogP contribution in [0.1, 0.15) is 55.5 Å². The van der Waals surface area contributed by atoms with Crippen molar-refractivity contribution in [2.24, 2.45) is 5.14 Å². The summed E-state index contributed by atoms with van der Waals surface area (Å²) in [6, 6.07) is 10.1. The molecule has 2 aromatic carbocycles. The molecule has 0 aliphatic heterocycles. The van der Waals surface area contributed by atoms with Crippen molar-refractivity contribution in [2.75, 3.05) is 26.4 Å². The zero-order valence-electron chi connectivity index (χ0n) is 22.7. The van der Waals surface area contributed by atoms with Gasteiger partial charge >= 0.3 is 5.97 Å². The molecule has 0 radical (unpaired) electrons. The van der Waals surface area contributed by atoms with E-state index in [4.69, 9.17) is 19.3 Å². The van der Waals surface area contributed by atoms with Gasteiger partial charge in [-0.25, -0.2) is 28.2 Å². The Morgan fingerprint density at radius 2 is 1.82 bits per heavy atom. The van der Waals surface area contributed by atoms with Crippen LogP contribution in [0.3, 0.4) is 0 Å². The fraction of sp³-hybridized carbons (Fsp3) is 0.444. The number of ether oxygens (including phenoxy) is 3. The number of halogens is 1. The summed E-state index contributed by atoms with van der Waals surface area (Å²) in [4.78, 5) is 16.7. The first kappa shape index (κ1) is 31.2. The van der Waals surface area contributed by atoms with Crippen molar-refractivity contribution in [1.82, 2.24) is 14.8 Å². The molecule has 208 valence electrons. The summed E-state index contributed by atoms with van der Waals surface area (Å²) in [7, 11) is -1.82. The summed E-state index contributed by atoms with van der Waals surface area (Å²) in [5.41, 5.74) is 3.25. The monoisotopic (exact) mass is 548 g/mol. The molecule has 0 fully saturated rings. The molecule has 1 aromatic heterocycles. The molecule has 1 atom stereocenters. The molecule has 38 heavy (non-hydrogen) atoms. The molecule has 9 nitrogen and oxygen atoms in total. The van der Waals surface area contributed by atoms with Gasteiger partial charge < -0.3 is 14.2 Å². The van der Waals surface area contributed by atoms with Gasteiger partial charge in [0, 0.05) is 13.0 Å². The Hall–Kier alpha value is -2.99. The second-order valence-electron chi connectivity index (χ2n) is 8.20. The summed E-state index contributed by atoms with van der Waals surface area (Å²) in [6.45, 7) is 10.9. The number of aromatic nitrogens is 3. The van der Waals surface area contributed by atoms with Crippen molar-refractivity contribution in [1.29, 1.82) is 0 Å². The standard InChI is InChI=1S/C25H31FN4O5S.C2H6/c1-4-9-33-10-11-34-16-25(31)35-15-23-28-24(13-19-12-17(2)5-6-18(19)3)30(29-23)22-8-7-20(36(27)32)14-21(22)26;1-2/h5-8,12,14H,4,9-11,13,15-16,27H2,1-3H3;1-2H3. The maximum absolute atomic E-state index is 14.9. The summed E-state index contributed by atoms with van der Waals surface area (Å²) in [5.74, 6) is -0.556. The molecule has 11 heteroatoms. The number of carbonyl (C=O) groups is 1. The Morgan fingerprint density at radius 3 is 2.50 bits per heavy atom. The van der Waals surface area contributed by atoms with E-state index in [-0.39, 0.29) is 36.2 Å². The topological polar surface area (TPSA) is 119 Å². The summed E-state index contributed by atoms with van der Waals surface area (Å²) >= 11 is 0. The van der Waals surface area contributed by atoms with Crippen molar-refractivity contribution in [3.05, 3.63) is 70.6 Å². The maximum atomic E-state index is 14.9. The number of esters is 1. The lowest BCUT2D eigenvalue weighted by molar-refractivity contribution is -0.151. The molecule has 2 N–H and O–H groups in total. The zero-order chi connectivity index (χ0) is 28.1. The highest BCUT2D eigenvalue weighted by molar-refractivity contribution is 7.82. The molecule has 1 unspecified atom stereocenters. The van der Waals surface area contributed by atoms with E-state index < -0.39 is 22.8 Å². The molecule has 0 saturated carbocycles. The van der Waals surface area contributed by atoms with Crippen molar-refractivity contribution in [2.45, 2.75) is 59.0 Å². The maximum Gasteiger partial charge on any atom is 0.332 e. The van der Waals surface area contributed by atoms with Crippen LogP contribution in [-0.2, 0) is 43.0 Å². The second kappa shape index (κ2) is 16.1. The molecule has 0 bridgehead atoms. The van der Waals surface area contributed by atoms with Crippen molar-refractivity contribution in [3.63, 3.8) is 0 Å². The minimum atomic E-state index is -1.82. The highest BCUT2D eigenvalue weighted by Gasteiger charge is 2.18. The van der Waals surface area contributed by atoms with Gasteiger partial charge in [-0.3, -0.25) is 0 Å². The lowest BCUT2D eigenvalue weighted by Gasteiger charge is -2.10. The Kier molecular flexibility index (Phi) is 13.2. The minimum Gasteiger partial charge on any atom is -0.456 e. The van der Waals surface area contributed by atoms with Crippen LogP contribution < -0.4 is 5.14 Å². The van der Waals surface area contributed by atoms with Gasteiger partial charge in [0.05, 0.1) is 18.1 Å². The molecule has 0 amide bonds. The fourth-order valence-corrected chi connectivity index (χ4v) is 3.83. The predicted octanol–water partition coefficient (Wildman–Crippen LogP) is 4.11. The Morgan fingerprint density at radius 1 is 1.08 bits per heavy atom. The largest absolute Gasteiger partial charge is 0.456 e. The van der Waals surface area contributed by atoms with E-state index in [1.165, 1.54) is 16.8 Å². The van der Waals surface area contributed by atoms with Crippen LogP contribution in [0, 0.1) is 19.7 Å². The highest BCUT2D eigenvalue weighted by atomic mass is 32.2. The molecule has 0 spiro atoms. The first-order chi connectivity index (χ1) is 18.3. The number of aryl methyl sites for hydroxylation is 2. The van der Waals surface area contributed by atoms with Gasteiger partial charge in [0.25, 0.3) is 0 Å². The van der Waals surface area contributed by atoms with Crippen LogP contribution in [0.4, 0.5) is 4.39 Å². The fourth-order valence-electron chi connectivity index (χ4n) is 3.41. The second-order valence-corrected chi connectivity index (χ2v) is 9.27. The third-order valence-corrected chi connectivity index (χ3v) is 5.97. The highest BCUT2D eigenvalue weighted by Crippen LogP contribution is 2.21. The van der Waals surface area contributed by atoms with E-state index in [1.54, 1.807) is 0 Å². The van der Waals surface area contributed by atoms with E-state index in [0.717, 1.165) is 29.2 Å². The molecule has 1 heterocycles. The Balaban J connectivity index is 0.00000247. The normalized spacial score (nSPS) is 11.6. The van der Waals surface area contributed by atoms with Crippen molar-refractivity contribution >= 4 is 17.0 Å². The van der Waals surface area contributed by atoms with E-state index in [9.17, 15) is 13.4 Å². The van der Waals surface area contributed by atoms with Crippen molar-refractivity contribution < 1.29 is 27.6 Å². The average Bonchev–Trinajstić information content (AvgIpc) is 3.30. The first-order valence-corrected chi connectivity index (χ1v) is 13.8. The van der Waals surface area contributed by atoms with E-state index in [0.29, 0.717) is 25.5 Å². The average molecular weight is 549 g/mol. The van der Waals surface area contributed by atoms with Gasteiger partial charge in [-0.2, -0.15) is 0 Å². The van der Waals surface area contributed by atoms with Crippen molar-refractivity contribution in [3.8, 4) is 5.69 Å². The van der Waals surface area contributed by atoms with Gasteiger partial charge in [-0.05, 0) is 49.6 Å². The van der Waals surface area contributed by atoms with Crippen LogP contribution in [0.25, 0.3) is 5.69 Å². The van der Waals surface area contributed by atoms with Gasteiger partial charge in [0.2, 0.25) is 0 Å². The molecule has 0 aliphatic carbocycles. The van der Waals surface area contributed by atoms with Crippen LogP contribution in [0.2, 0.25) is 0 Å².